The van der Waals surface area contributed by atoms with Gasteiger partial charge in [0.05, 0.1) is 4.92 Å². The standard InChI is InChI=1S/C11H9ClN4O4S/c12-21(19,20)11-14-13-10(15(11)8-5-6-8)7-1-3-9(4-2-7)16(17)18/h1-4,8H,5-6H2. The number of rotatable bonds is 4. The van der Waals surface area contributed by atoms with Gasteiger partial charge in [0.1, 0.15) is 0 Å². The van der Waals surface area contributed by atoms with E-state index in [0.717, 1.165) is 12.8 Å². The molecule has 0 aliphatic heterocycles. The van der Waals surface area contributed by atoms with E-state index < -0.39 is 14.0 Å². The van der Waals surface area contributed by atoms with E-state index in [1.165, 1.54) is 28.8 Å². The molecule has 1 aliphatic carbocycles. The average Bonchev–Trinajstić information content (AvgIpc) is 3.15. The summed E-state index contributed by atoms with van der Waals surface area (Å²) in [5.41, 5.74) is 0.494. The maximum Gasteiger partial charge on any atom is 0.296 e. The third-order valence-electron chi connectivity index (χ3n) is 3.13. The Balaban J connectivity index is 2.10. The van der Waals surface area contributed by atoms with E-state index in [-0.39, 0.29) is 16.9 Å². The molecule has 0 spiro atoms. The molecule has 0 N–H and O–H groups in total. The van der Waals surface area contributed by atoms with Crippen LogP contribution < -0.4 is 0 Å². The highest BCUT2D eigenvalue weighted by molar-refractivity contribution is 8.13. The highest BCUT2D eigenvalue weighted by Gasteiger charge is 2.34. The Labute approximate surface area is 123 Å². The van der Waals surface area contributed by atoms with Crippen LogP contribution in [-0.4, -0.2) is 28.1 Å². The topological polar surface area (TPSA) is 108 Å². The van der Waals surface area contributed by atoms with Crippen LogP contribution in [-0.2, 0) is 9.05 Å². The molecule has 0 amide bonds. The van der Waals surface area contributed by atoms with Gasteiger partial charge in [0.2, 0.25) is 0 Å². The van der Waals surface area contributed by atoms with Gasteiger partial charge in [-0.15, -0.1) is 10.2 Å². The Kier molecular flexibility index (Phi) is 3.18. The summed E-state index contributed by atoms with van der Waals surface area (Å²) in [6.07, 6.45) is 1.63. The van der Waals surface area contributed by atoms with Crippen molar-refractivity contribution in [2.45, 2.75) is 24.0 Å². The molecule has 110 valence electrons. The molecule has 0 saturated heterocycles. The van der Waals surface area contributed by atoms with Crippen LogP contribution in [0.2, 0.25) is 0 Å². The summed E-state index contributed by atoms with van der Waals surface area (Å²) in [6, 6.07) is 5.66. The van der Waals surface area contributed by atoms with Gasteiger partial charge in [0.15, 0.2) is 5.82 Å². The number of hydrogen-bond donors (Lipinski definition) is 0. The summed E-state index contributed by atoms with van der Waals surface area (Å²) in [5, 5.41) is 17.9. The highest BCUT2D eigenvalue weighted by Crippen LogP contribution is 2.40. The lowest BCUT2D eigenvalue weighted by atomic mass is 10.2. The molecule has 2 aromatic rings. The summed E-state index contributed by atoms with van der Waals surface area (Å²) in [7, 11) is 1.37. The molecule has 3 rings (SSSR count). The van der Waals surface area contributed by atoms with Crippen molar-refractivity contribution in [2.75, 3.05) is 0 Å². The zero-order valence-electron chi connectivity index (χ0n) is 10.5. The van der Waals surface area contributed by atoms with Crippen molar-refractivity contribution in [3.05, 3.63) is 34.4 Å². The molecule has 10 heteroatoms. The van der Waals surface area contributed by atoms with Crippen molar-refractivity contribution >= 4 is 25.4 Å². The molecule has 1 aromatic carbocycles. The van der Waals surface area contributed by atoms with Crippen molar-refractivity contribution in [1.29, 1.82) is 0 Å². The Morgan fingerprint density at radius 2 is 1.86 bits per heavy atom. The van der Waals surface area contributed by atoms with E-state index in [4.69, 9.17) is 10.7 Å². The average molecular weight is 329 g/mol. The fourth-order valence-electron chi connectivity index (χ4n) is 2.03. The first-order chi connectivity index (χ1) is 9.88. The first-order valence-corrected chi connectivity index (χ1v) is 8.33. The zero-order valence-corrected chi connectivity index (χ0v) is 12.1. The molecular formula is C11H9ClN4O4S. The SMILES string of the molecule is O=[N+]([O-])c1ccc(-c2nnc(S(=O)(=O)Cl)n2C2CC2)cc1. The second-order valence-corrected chi connectivity index (χ2v) is 7.11. The minimum absolute atomic E-state index is 0.00582. The second-order valence-electron chi connectivity index (χ2n) is 4.65. The van der Waals surface area contributed by atoms with E-state index in [1.54, 1.807) is 0 Å². The molecule has 1 aromatic heterocycles. The maximum absolute atomic E-state index is 11.5. The van der Waals surface area contributed by atoms with Gasteiger partial charge in [-0.1, -0.05) is 0 Å². The third-order valence-corrected chi connectivity index (χ3v) is 4.26. The predicted molar refractivity (Wildman–Crippen MR) is 73.4 cm³/mol. The molecule has 0 radical (unpaired) electrons. The van der Waals surface area contributed by atoms with Gasteiger partial charge >= 0.3 is 0 Å². The molecule has 1 saturated carbocycles. The van der Waals surface area contributed by atoms with Gasteiger partial charge in [-0.25, -0.2) is 8.42 Å². The Bertz CT molecular complexity index is 811. The number of nitro benzene ring substituents is 1. The Morgan fingerprint density at radius 3 is 2.33 bits per heavy atom. The van der Waals surface area contributed by atoms with Crippen molar-refractivity contribution in [3.8, 4) is 11.4 Å². The Morgan fingerprint density at radius 1 is 1.24 bits per heavy atom. The van der Waals surface area contributed by atoms with Crippen LogP contribution in [0, 0.1) is 10.1 Å². The van der Waals surface area contributed by atoms with Crippen LogP contribution in [0.5, 0.6) is 0 Å². The number of hydrogen-bond acceptors (Lipinski definition) is 6. The fraction of sp³-hybridized carbons (Fsp3) is 0.273. The molecule has 0 atom stereocenters. The number of non-ortho nitro benzene ring substituents is 1. The van der Waals surface area contributed by atoms with Crippen LogP contribution in [0.3, 0.4) is 0 Å². The normalized spacial score (nSPS) is 15.1. The zero-order chi connectivity index (χ0) is 15.2. The van der Waals surface area contributed by atoms with Gasteiger partial charge in [0, 0.05) is 34.4 Å². The number of nitrogens with zero attached hydrogens (tertiary/aromatic N) is 4. The fourth-order valence-corrected chi connectivity index (χ4v) is 2.96. The van der Waals surface area contributed by atoms with Gasteiger partial charge < -0.3 is 0 Å². The molecule has 1 heterocycles. The first-order valence-electron chi connectivity index (χ1n) is 6.02. The van der Waals surface area contributed by atoms with E-state index in [0.29, 0.717) is 11.4 Å². The third kappa shape index (κ3) is 2.61. The minimum atomic E-state index is -3.99. The summed E-state index contributed by atoms with van der Waals surface area (Å²) < 4.78 is 24.5. The van der Waals surface area contributed by atoms with Gasteiger partial charge in [-0.2, -0.15) is 0 Å². The lowest BCUT2D eigenvalue weighted by molar-refractivity contribution is -0.384. The van der Waals surface area contributed by atoms with E-state index in [1.807, 2.05) is 0 Å². The van der Waals surface area contributed by atoms with Crippen LogP contribution in [0.1, 0.15) is 18.9 Å². The second kappa shape index (κ2) is 4.78. The summed E-state index contributed by atoms with van der Waals surface area (Å²) in [4.78, 5) is 10.1. The van der Waals surface area contributed by atoms with Crippen molar-refractivity contribution in [2.24, 2.45) is 0 Å². The quantitative estimate of drug-likeness (QED) is 0.483. The Hall–Kier alpha value is -2.00. The number of aromatic nitrogens is 3. The lowest BCUT2D eigenvalue weighted by Crippen LogP contribution is -2.06. The van der Waals surface area contributed by atoms with Crippen LogP contribution >= 0.6 is 10.7 Å². The molecule has 0 unspecified atom stereocenters. The van der Waals surface area contributed by atoms with Gasteiger partial charge in [-0.05, 0) is 25.0 Å². The van der Waals surface area contributed by atoms with E-state index in [9.17, 15) is 18.5 Å². The number of nitro groups is 1. The van der Waals surface area contributed by atoms with Gasteiger partial charge in [0.25, 0.3) is 19.9 Å². The van der Waals surface area contributed by atoms with Crippen LogP contribution in [0.25, 0.3) is 11.4 Å². The molecule has 8 nitrogen and oxygen atoms in total. The molecule has 1 fully saturated rings. The lowest BCUT2D eigenvalue weighted by Gasteiger charge is -2.06. The van der Waals surface area contributed by atoms with Crippen molar-refractivity contribution in [3.63, 3.8) is 0 Å². The van der Waals surface area contributed by atoms with E-state index in [2.05, 4.69) is 10.2 Å². The predicted octanol–water partition coefficient (Wildman–Crippen LogP) is 2.12. The number of benzene rings is 1. The van der Waals surface area contributed by atoms with Crippen LogP contribution in [0.4, 0.5) is 5.69 Å². The highest BCUT2D eigenvalue weighted by atomic mass is 35.7. The largest absolute Gasteiger partial charge is 0.296 e. The monoisotopic (exact) mass is 328 g/mol. The van der Waals surface area contributed by atoms with Crippen molar-refractivity contribution < 1.29 is 13.3 Å². The smallest absolute Gasteiger partial charge is 0.294 e. The summed E-state index contributed by atoms with van der Waals surface area (Å²) in [5.74, 6) is 0.339. The summed E-state index contributed by atoms with van der Waals surface area (Å²) in [6.45, 7) is 0. The molecule has 1 aliphatic rings. The minimum Gasteiger partial charge on any atom is -0.294 e. The van der Waals surface area contributed by atoms with Crippen molar-refractivity contribution in [1.82, 2.24) is 14.8 Å². The summed E-state index contributed by atoms with van der Waals surface area (Å²) >= 11 is 0. The number of halogens is 1. The molecule has 0 bridgehead atoms. The maximum atomic E-state index is 11.5. The van der Waals surface area contributed by atoms with E-state index >= 15 is 0 Å². The first kappa shape index (κ1) is 14.0. The van der Waals surface area contributed by atoms with Gasteiger partial charge in [-0.3, -0.25) is 14.7 Å². The molecule has 21 heavy (non-hydrogen) atoms. The molecular weight excluding hydrogens is 320 g/mol. The van der Waals surface area contributed by atoms with Crippen LogP contribution in [0.15, 0.2) is 29.4 Å².